The number of rotatable bonds is 4. The first-order valence-corrected chi connectivity index (χ1v) is 8.80. The summed E-state index contributed by atoms with van der Waals surface area (Å²) < 4.78 is 0. The predicted octanol–water partition coefficient (Wildman–Crippen LogP) is 3.36. The van der Waals surface area contributed by atoms with Gasteiger partial charge in [0, 0.05) is 11.1 Å². The van der Waals surface area contributed by atoms with Crippen molar-refractivity contribution in [2.24, 2.45) is 5.73 Å². The highest BCUT2D eigenvalue weighted by molar-refractivity contribution is 5.93. The van der Waals surface area contributed by atoms with Crippen LogP contribution in [0.1, 0.15) is 58.8 Å². The molecule has 1 amide bonds. The third-order valence-electron chi connectivity index (χ3n) is 4.91. The first-order chi connectivity index (χ1) is 11.9. The molecule has 2 aromatic rings. The first kappa shape index (κ1) is 17.6. The van der Waals surface area contributed by atoms with Gasteiger partial charge < -0.3 is 5.73 Å². The molecule has 4 N–H and O–H groups in total. The molecule has 0 spiro atoms. The molecule has 0 fully saturated rings. The van der Waals surface area contributed by atoms with E-state index >= 15 is 0 Å². The van der Waals surface area contributed by atoms with Crippen molar-refractivity contribution in [2.75, 3.05) is 0 Å². The van der Waals surface area contributed by atoms with Gasteiger partial charge in [0.1, 0.15) is 0 Å². The lowest BCUT2D eigenvalue weighted by atomic mass is 9.79. The zero-order valence-electron chi connectivity index (χ0n) is 14.9. The Labute approximate surface area is 149 Å². The topological polar surface area (TPSA) is 75.4 Å². The summed E-state index contributed by atoms with van der Waals surface area (Å²) >= 11 is 0. The minimum Gasteiger partial charge on any atom is -0.325 e. The van der Waals surface area contributed by atoms with Gasteiger partial charge in [0.15, 0.2) is 0 Å². The molecule has 1 aliphatic rings. The highest BCUT2D eigenvalue weighted by Gasteiger charge is 2.21. The van der Waals surface area contributed by atoms with Gasteiger partial charge in [-0.05, 0) is 79.8 Å². The molecule has 0 aliphatic heterocycles. The van der Waals surface area contributed by atoms with Gasteiger partial charge in [-0.3, -0.25) is 10.0 Å². The van der Waals surface area contributed by atoms with E-state index in [4.69, 9.17) is 10.9 Å². The van der Waals surface area contributed by atoms with E-state index in [2.05, 4.69) is 24.3 Å². The smallest absolute Gasteiger partial charge is 0.274 e. The van der Waals surface area contributed by atoms with E-state index in [1.807, 2.05) is 26.0 Å². The Morgan fingerprint density at radius 1 is 1.20 bits per heavy atom. The molecule has 1 atom stereocenters. The van der Waals surface area contributed by atoms with Gasteiger partial charge in [-0.25, -0.2) is 5.48 Å². The number of nitrogens with two attached hydrogens (primary N) is 1. The summed E-state index contributed by atoms with van der Waals surface area (Å²) in [6.45, 7) is 4.09. The molecule has 2 aromatic carbocycles. The van der Waals surface area contributed by atoms with Crippen LogP contribution in [0.15, 0.2) is 42.5 Å². The Balaban J connectivity index is 1.73. The molecular formula is C21H26N2O2. The van der Waals surface area contributed by atoms with E-state index in [9.17, 15) is 4.79 Å². The number of benzene rings is 2. The highest BCUT2D eigenvalue weighted by atomic mass is 16.5. The van der Waals surface area contributed by atoms with Crippen LogP contribution < -0.4 is 11.2 Å². The van der Waals surface area contributed by atoms with Crippen LogP contribution in [-0.4, -0.2) is 16.7 Å². The maximum atomic E-state index is 11.5. The zero-order chi connectivity index (χ0) is 18.0. The van der Waals surface area contributed by atoms with Crippen LogP contribution in [0, 0.1) is 0 Å². The second-order valence-corrected chi connectivity index (χ2v) is 7.77. The lowest BCUT2D eigenvalue weighted by Crippen LogP contribution is -2.34. The van der Waals surface area contributed by atoms with Crippen molar-refractivity contribution in [2.45, 2.75) is 51.0 Å². The summed E-state index contributed by atoms with van der Waals surface area (Å²) in [6.07, 6.45) is 3.87. The number of hydrogen-bond acceptors (Lipinski definition) is 3. The molecule has 4 heteroatoms. The van der Waals surface area contributed by atoms with Crippen LogP contribution >= 0.6 is 0 Å². The molecule has 0 saturated heterocycles. The van der Waals surface area contributed by atoms with Crippen LogP contribution in [0.3, 0.4) is 0 Å². The second kappa shape index (κ2) is 6.98. The maximum absolute atomic E-state index is 11.5. The average Bonchev–Trinajstić information content (AvgIpc) is 2.59. The second-order valence-electron chi connectivity index (χ2n) is 7.77. The van der Waals surface area contributed by atoms with Gasteiger partial charge >= 0.3 is 0 Å². The lowest BCUT2D eigenvalue weighted by Gasteiger charge is -2.26. The molecule has 25 heavy (non-hydrogen) atoms. The van der Waals surface area contributed by atoms with Gasteiger partial charge in [0.05, 0.1) is 0 Å². The quantitative estimate of drug-likeness (QED) is 0.591. The SMILES string of the molecule is CC(C)(N)Cc1ccc(C2CCc3cc(C(=O)NO)ccc3C2)cc1. The molecule has 0 saturated carbocycles. The van der Waals surface area contributed by atoms with E-state index in [0.29, 0.717) is 11.5 Å². The lowest BCUT2D eigenvalue weighted by molar-refractivity contribution is 0.0706. The van der Waals surface area contributed by atoms with Crippen LogP contribution in [0.4, 0.5) is 0 Å². The van der Waals surface area contributed by atoms with Crippen LogP contribution in [-0.2, 0) is 19.3 Å². The van der Waals surface area contributed by atoms with Crippen molar-refractivity contribution in [3.8, 4) is 0 Å². The standard InChI is InChI=1S/C21H26N2O2/c1-21(2,22)13-14-3-5-15(6-4-14)16-7-8-18-12-19(20(24)23-25)10-9-17(18)11-16/h3-6,9-10,12,16,25H,7-8,11,13,22H2,1-2H3,(H,23,24). The zero-order valence-corrected chi connectivity index (χ0v) is 14.9. The average molecular weight is 338 g/mol. The summed E-state index contributed by atoms with van der Waals surface area (Å²) in [7, 11) is 0. The van der Waals surface area contributed by atoms with Crippen LogP contribution in [0.25, 0.3) is 0 Å². The predicted molar refractivity (Wildman–Crippen MR) is 98.9 cm³/mol. The Morgan fingerprint density at radius 2 is 1.92 bits per heavy atom. The fraction of sp³-hybridized carbons (Fsp3) is 0.381. The number of carbonyl (C=O) groups excluding carboxylic acids is 1. The maximum Gasteiger partial charge on any atom is 0.274 e. The van der Waals surface area contributed by atoms with Crippen LogP contribution in [0.5, 0.6) is 0 Å². The number of aryl methyl sites for hydroxylation is 1. The largest absolute Gasteiger partial charge is 0.325 e. The number of nitrogens with one attached hydrogen (secondary N) is 1. The first-order valence-electron chi connectivity index (χ1n) is 8.80. The fourth-order valence-corrected chi connectivity index (χ4v) is 3.68. The molecule has 0 radical (unpaired) electrons. The summed E-state index contributed by atoms with van der Waals surface area (Å²) in [5.41, 5.74) is 13.2. The van der Waals surface area contributed by atoms with Crippen molar-refractivity contribution in [3.63, 3.8) is 0 Å². The minimum atomic E-state index is -0.455. The number of amides is 1. The third kappa shape index (κ3) is 4.27. The van der Waals surface area contributed by atoms with E-state index < -0.39 is 5.91 Å². The molecule has 0 bridgehead atoms. The molecular weight excluding hydrogens is 312 g/mol. The fourth-order valence-electron chi connectivity index (χ4n) is 3.68. The Hall–Kier alpha value is -2.17. The molecule has 132 valence electrons. The van der Waals surface area contributed by atoms with Gasteiger partial charge in [0.25, 0.3) is 5.91 Å². The van der Waals surface area contributed by atoms with E-state index in [1.54, 1.807) is 11.5 Å². The monoisotopic (exact) mass is 338 g/mol. The van der Waals surface area contributed by atoms with Gasteiger partial charge in [-0.1, -0.05) is 30.3 Å². The Morgan fingerprint density at radius 3 is 2.56 bits per heavy atom. The molecule has 1 aliphatic carbocycles. The normalized spacial score (nSPS) is 17.0. The van der Waals surface area contributed by atoms with E-state index in [-0.39, 0.29) is 5.54 Å². The minimum absolute atomic E-state index is 0.191. The van der Waals surface area contributed by atoms with E-state index in [1.165, 1.54) is 22.3 Å². The van der Waals surface area contributed by atoms with E-state index in [0.717, 1.165) is 25.7 Å². The number of hydrogen-bond donors (Lipinski definition) is 3. The number of carbonyl (C=O) groups is 1. The van der Waals surface area contributed by atoms with Crippen molar-refractivity contribution in [1.82, 2.24) is 5.48 Å². The summed E-state index contributed by atoms with van der Waals surface area (Å²) in [5, 5.41) is 8.77. The molecule has 1 unspecified atom stereocenters. The summed E-state index contributed by atoms with van der Waals surface area (Å²) in [5.74, 6) is 0.0493. The summed E-state index contributed by atoms with van der Waals surface area (Å²) in [4.78, 5) is 11.5. The molecule has 0 heterocycles. The molecule has 4 nitrogen and oxygen atoms in total. The number of fused-ring (bicyclic) bond motifs is 1. The van der Waals surface area contributed by atoms with Crippen molar-refractivity contribution in [1.29, 1.82) is 0 Å². The third-order valence-corrected chi connectivity index (χ3v) is 4.91. The van der Waals surface area contributed by atoms with Crippen molar-refractivity contribution >= 4 is 5.91 Å². The Kier molecular flexibility index (Phi) is 4.93. The Bertz CT molecular complexity index is 760. The highest BCUT2D eigenvalue weighted by Crippen LogP contribution is 2.33. The van der Waals surface area contributed by atoms with Gasteiger partial charge in [-0.15, -0.1) is 0 Å². The number of hydroxylamine groups is 1. The van der Waals surface area contributed by atoms with Crippen molar-refractivity contribution < 1.29 is 10.0 Å². The summed E-state index contributed by atoms with van der Waals surface area (Å²) in [6, 6.07) is 14.5. The van der Waals surface area contributed by atoms with Crippen LogP contribution in [0.2, 0.25) is 0 Å². The molecule has 0 aromatic heterocycles. The van der Waals surface area contributed by atoms with Crippen molar-refractivity contribution in [3.05, 3.63) is 70.3 Å². The van der Waals surface area contributed by atoms with Gasteiger partial charge in [-0.2, -0.15) is 0 Å². The molecule has 3 rings (SSSR count). The van der Waals surface area contributed by atoms with Gasteiger partial charge in [0.2, 0.25) is 0 Å².